The van der Waals surface area contributed by atoms with E-state index in [0.717, 1.165) is 30.8 Å². The quantitative estimate of drug-likeness (QED) is 0.797. The molecule has 2 aliphatic rings. The van der Waals surface area contributed by atoms with E-state index in [0.29, 0.717) is 15.6 Å². The highest BCUT2D eigenvalue weighted by Gasteiger charge is 2.42. The summed E-state index contributed by atoms with van der Waals surface area (Å²) in [6.07, 6.45) is 3.93. The Hall–Kier alpha value is -0.430. The monoisotopic (exact) mass is 332 g/mol. The second kappa shape index (κ2) is 3.80. The van der Waals surface area contributed by atoms with E-state index in [1.54, 1.807) is 0 Å². The molecule has 0 amide bonds. The van der Waals surface area contributed by atoms with Crippen LogP contribution in [0.15, 0.2) is 4.79 Å². The Morgan fingerprint density at radius 3 is 2.88 bits per heavy atom. The Balaban J connectivity index is 1.99. The molecule has 0 spiro atoms. The number of hydrogen-bond acceptors (Lipinski definition) is 3. The van der Waals surface area contributed by atoms with Crippen molar-refractivity contribution in [2.24, 2.45) is 0 Å². The fourth-order valence-corrected chi connectivity index (χ4v) is 2.95. The average Bonchev–Trinajstić information content (AvgIpc) is 2.86. The maximum atomic E-state index is 11.7. The minimum absolute atomic E-state index is 0.0223. The molecule has 16 heavy (non-hydrogen) atoms. The van der Waals surface area contributed by atoms with Gasteiger partial charge in [-0.2, -0.15) is 0 Å². The van der Waals surface area contributed by atoms with Gasteiger partial charge in [-0.25, -0.2) is 4.98 Å². The van der Waals surface area contributed by atoms with Crippen molar-refractivity contribution >= 4 is 22.6 Å². The van der Waals surface area contributed by atoms with Crippen LogP contribution < -0.4 is 5.56 Å². The van der Waals surface area contributed by atoms with Crippen molar-refractivity contribution in [2.45, 2.75) is 44.3 Å². The Morgan fingerprint density at radius 2 is 2.31 bits per heavy atom. The third kappa shape index (κ3) is 1.60. The van der Waals surface area contributed by atoms with Gasteiger partial charge in [0.2, 0.25) is 0 Å². The van der Waals surface area contributed by atoms with Crippen molar-refractivity contribution in [2.75, 3.05) is 0 Å². The van der Waals surface area contributed by atoms with E-state index in [2.05, 4.69) is 9.97 Å². The van der Waals surface area contributed by atoms with Gasteiger partial charge >= 0.3 is 0 Å². The number of aryl methyl sites for hydroxylation is 1. The number of nitrogens with zero attached hydrogens (tertiary/aromatic N) is 1. The molecule has 0 radical (unpaired) electrons. The summed E-state index contributed by atoms with van der Waals surface area (Å²) in [4.78, 5) is 19.1. The van der Waals surface area contributed by atoms with E-state index in [4.69, 9.17) is 4.74 Å². The number of aromatic nitrogens is 2. The van der Waals surface area contributed by atoms with Gasteiger partial charge < -0.3 is 9.72 Å². The number of nitrogens with one attached hydrogen (secondary N) is 1. The molecule has 0 saturated carbocycles. The summed E-state index contributed by atoms with van der Waals surface area (Å²) in [6.45, 7) is 1.88. The highest BCUT2D eigenvalue weighted by molar-refractivity contribution is 14.1. The van der Waals surface area contributed by atoms with E-state index in [-0.39, 0.29) is 11.7 Å². The van der Waals surface area contributed by atoms with Crippen LogP contribution in [0.5, 0.6) is 0 Å². The molecule has 2 saturated heterocycles. The molecule has 1 N–H and O–H groups in total. The Kier molecular flexibility index (Phi) is 2.54. The molecule has 5 heteroatoms. The molecule has 2 fully saturated rings. The third-order valence-corrected chi connectivity index (χ3v) is 4.77. The highest BCUT2D eigenvalue weighted by Crippen LogP contribution is 2.43. The maximum Gasteiger partial charge on any atom is 0.264 e. The predicted molar refractivity (Wildman–Crippen MR) is 67.6 cm³/mol. The molecule has 4 nitrogen and oxygen atoms in total. The lowest BCUT2D eigenvalue weighted by molar-refractivity contribution is 0.0998. The van der Waals surface area contributed by atoms with Crippen LogP contribution in [0.3, 0.4) is 0 Å². The Bertz CT molecular complexity index is 485. The van der Waals surface area contributed by atoms with Gasteiger partial charge in [-0.05, 0) is 48.8 Å². The van der Waals surface area contributed by atoms with E-state index in [9.17, 15) is 4.79 Å². The van der Waals surface area contributed by atoms with Crippen molar-refractivity contribution in [3.63, 3.8) is 0 Å². The zero-order valence-electron chi connectivity index (χ0n) is 9.00. The molecular formula is C11H13IN2O2. The van der Waals surface area contributed by atoms with Crippen molar-refractivity contribution in [3.8, 4) is 0 Å². The number of halogens is 1. The van der Waals surface area contributed by atoms with Crippen molar-refractivity contribution in [1.29, 1.82) is 0 Å². The second-order valence-electron chi connectivity index (χ2n) is 4.57. The first-order valence-corrected chi connectivity index (χ1v) is 6.65. The van der Waals surface area contributed by atoms with Gasteiger partial charge in [0.05, 0.1) is 21.5 Å². The molecule has 0 aliphatic carbocycles. The van der Waals surface area contributed by atoms with Crippen LogP contribution in [0.25, 0.3) is 0 Å². The molecule has 3 atom stereocenters. The van der Waals surface area contributed by atoms with E-state index in [1.807, 2.05) is 29.5 Å². The van der Waals surface area contributed by atoms with Crippen LogP contribution in [-0.4, -0.2) is 22.2 Å². The van der Waals surface area contributed by atoms with Gasteiger partial charge in [0, 0.05) is 5.92 Å². The lowest BCUT2D eigenvalue weighted by Gasteiger charge is -2.17. The fourth-order valence-electron chi connectivity index (χ4n) is 2.69. The molecule has 1 aromatic rings. The molecule has 2 bridgehead atoms. The van der Waals surface area contributed by atoms with Crippen molar-refractivity contribution < 1.29 is 4.74 Å². The van der Waals surface area contributed by atoms with Crippen LogP contribution in [0, 0.1) is 10.5 Å². The summed E-state index contributed by atoms with van der Waals surface area (Å²) < 4.78 is 6.47. The van der Waals surface area contributed by atoms with Gasteiger partial charge in [0.25, 0.3) is 5.56 Å². The zero-order chi connectivity index (χ0) is 11.3. The lowest BCUT2D eigenvalue weighted by atomic mass is 9.88. The Labute approximate surface area is 107 Å². The minimum Gasteiger partial charge on any atom is -0.374 e. The summed E-state index contributed by atoms with van der Waals surface area (Å²) in [5.74, 6) is 1.11. The smallest absolute Gasteiger partial charge is 0.264 e. The van der Waals surface area contributed by atoms with Crippen molar-refractivity contribution in [1.82, 2.24) is 9.97 Å². The van der Waals surface area contributed by atoms with E-state index >= 15 is 0 Å². The standard InChI is InChI=1S/C11H13IN2O2/c1-5-9(12)11(15)14-10(13-5)7-4-6-2-3-8(7)16-6/h6-8H,2-4H2,1H3,(H,13,14,15). The first-order valence-electron chi connectivity index (χ1n) is 5.57. The van der Waals surface area contributed by atoms with Gasteiger partial charge in [0.1, 0.15) is 5.82 Å². The summed E-state index contributed by atoms with van der Waals surface area (Å²) >= 11 is 2.03. The zero-order valence-corrected chi connectivity index (χ0v) is 11.2. The van der Waals surface area contributed by atoms with E-state index < -0.39 is 0 Å². The average molecular weight is 332 g/mol. The van der Waals surface area contributed by atoms with Crippen LogP contribution in [0.1, 0.15) is 36.7 Å². The summed E-state index contributed by atoms with van der Waals surface area (Å²) in [6, 6.07) is 0. The predicted octanol–water partition coefficient (Wildman–Crippen LogP) is 1.72. The molecule has 0 aromatic carbocycles. The molecular weight excluding hydrogens is 319 g/mol. The SMILES string of the molecule is Cc1nc(C2CC3CCC2O3)[nH]c(=O)c1I. The maximum absolute atomic E-state index is 11.7. The number of rotatable bonds is 1. The summed E-state index contributed by atoms with van der Waals surface area (Å²) in [7, 11) is 0. The number of hydrogen-bond donors (Lipinski definition) is 1. The Morgan fingerprint density at radius 1 is 1.50 bits per heavy atom. The summed E-state index contributed by atoms with van der Waals surface area (Å²) in [5.41, 5.74) is 0.799. The summed E-state index contributed by atoms with van der Waals surface area (Å²) in [5, 5.41) is 0. The minimum atomic E-state index is -0.0223. The first-order chi connectivity index (χ1) is 7.65. The normalized spacial score (nSPS) is 32.2. The lowest BCUT2D eigenvalue weighted by Crippen LogP contribution is -2.23. The first kappa shape index (κ1) is 10.7. The number of aromatic amines is 1. The van der Waals surface area contributed by atoms with Gasteiger partial charge in [-0.3, -0.25) is 4.79 Å². The highest BCUT2D eigenvalue weighted by atomic mass is 127. The van der Waals surface area contributed by atoms with Crippen LogP contribution in [0.4, 0.5) is 0 Å². The number of ether oxygens (including phenoxy) is 1. The van der Waals surface area contributed by atoms with E-state index in [1.165, 1.54) is 0 Å². The van der Waals surface area contributed by atoms with Gasteiger partial charge in [-0.1, -0.05) is 0 Å². The van der Waals surface area contributed by atoms with Gasteiger partial charge in [0.15, 0.2) is 0 Å². The molecule has 3 heterocycles. The molecule has 1 aromatic heterocycles. The van der Waals surface area contributed by atoms with Crippen LogP contribution >= 0.6 is 22.6 Å². The second-order valence-corrected chi connectivity index (χ2v) is 5.65. The number of fused-ring (bicyclic) bond motifs is 2. The largest absolute Gasteiger partial charge is 0.374 e. The molecule has 3 rings (SSSR count). The topological polar surface area (TPSA) is 55.0 Å². The molecule has 3 unspecified atom stereocenters. The number of H-pyrrole nitrogens is 1. The third-order valence-electron chi connectivity index (χ3n) is 3.50. The molecule has 86 valence electrons. The van der Waals surface area contributed by atoms with Crippen LogP contribution in [0.2, 0.25) is 0 Å². The fraction of sp³-hybridized carbons (Fsp3) is 0.636. The van der Waals surface area contributed by atoms with Crippen LogP contribution in [-0.2, 0) is 4.74 Å². The van der Waals surface area contributed by atoms with Crippen molar-refractivity contribution in [3.05, 3.63) is 25.4 Å². The van der Waals surface area contributed by atoms with Gasteiger partial charge in [-0.15, -0.1) is 0 Å². The molecule has 2 aliphatic heterocycles.